The molecule has 3 heterocycles. The van der Waals surface area contributed by atoms with Gasteiger partial charge >= 0.3 is 0 Å². The first-order valence-electron chi connectivity index (χ1n) is 25.0. The number of hydrogen-bond acceptors (Lipinski definition) is 4. The summed E-state index contributed by atoms with van der Waals surface area (Å²) < 4.78 is 9.24. The molecule has 11 rings (SSSR count). The number of anilines is 4. The number of aromatic nitrogens is 2. The molecule has 0 atom stereocenters. The van der Waals surface area contributed by atoms with E-state index in [9.17, 15) is 0 Å². The van der Waals surface area contributed by atoms with Gasteiger partial charge in [-0.25, -0.2) is 4.98 Å². The third kappa shape index (κ3) is 8.54. The molecule has 0 amide bonds. The van der Waals surface area contributed by atoms with Gasteiger partial charge in [-0.1, -0.05) is 190 Å². The van der Waals surface area contributed by atoms with E-state index in [2.05, 4.69) is 277 Å². The molecule has 0 saturated heterocycles. The number of hydrogen-bond donors (Lipinski definition) is 0. The summed E-state index contributed by atoms with van der Waals surface area (Å²) in [5.74, 6) is 2.41. The van der Waals surface area contributed by atoms with Gasteiger partial charge in [0, 0.05) is 51.5 Å². The lowest BCUT2D eigenvalue weighted by atomic mass is 9.82. The highest BCUT2D eigenvalue weighted by molar-refractivity contribution is 6.10. The highest BCUT2D eigenvalue weighted by Gasteiger charge is 2.32. The summed E-state index contributed by atoms with van der Waals surface area (Å²) in [5, 5.41) is 2.36. The van der Waals surface area contributed by atoms with Gasteiger partial charge in [-0.3, -0.25) is 4.57 Å². The Morgan fingerprint density at radius 3 is 1.65 bits per heavy atom. The van der Waals surface area contributed by atoms with Gasteiger partial charge in [-0.2, -0.15) is 0 Å². The molecule has 0 unspecified atom stereocenters. The summed E-state index contributed by atoms with van der Waals surface area (Å²) in [6.07, 6.45) is 2.06. The topological polar surface area (TPSA) is 33.5 Å². The lowest BCUT2D eigenvalue weighted by Gasteiger charge is -2.27. The standard InChI is InChI=1S/C66H62N4O/c1-64(2,3)47-32-30-46(31-33-47)53-27-19-26-52(44-20-12-10-13-21-44)63(53)69-43-68(59-28-16-17-29-60(59)69)49-24-18-25-50(39-49)71-51-35-36-54-55-38-48(65(4,5)6)34-37-58(55)70(61(54)40-51)62-41-57(66(7,8)9)56(42-67-62)45-22-14-11-15-23-45/h10-42H,43H2,1-9H3. The summed E-state index contributed by atoms with van der Waals surface area (Å²) in [7, 11) is 0. The Bertz CT molecular complexity index is 3590. The second kappa shape index (κ2) is 17.5. The molecule has 0 N–H and O–H groups in total. The van der Waals surface area contributed by atoms with Crippen LogP contribution in [-0.2, 0) is 16.2 Å². The van der Waals surface area contributed by atoms with Crippen molar-refractivity contribution in [3.05, 3.63) is 217 Å². The van der Waals surface area contributed by atoms with Crippen molar-refractivity contribution in [2.45, 2.75) is 78.6 Å². The van der Waals surface area contributed by atoms with Crippen LogP contribution in [0.1, 0.15) is 79.0 Å². The third-order valence-corrected chi connectivity index (χ3v) is 14.2. The molecule has 5 nitrogen and oxygen atoms in total. The number of rotatable bonds is 8. The second-order valence-corrected chi connectivity index (χ2v) is 22.2. The van der Waals surface area contributed by atoms with Gasteiger partial charge in [0.05, 0.1) is 28.1 Å². The molecule has 0 spiro atoms. The molecule has 0 aliphatic carbocycles. The van der Waals surface area contributed by atoms with E-state index in [0.29, 0.717) is 6.67 Å². The van der Waals surface area contributed by atoms with Gasteiger partial charge in [0.2, 0.25) is 0 Å². The normalized spacial score (nSPS) is 13.0. The molecule has 0 saturated carbocycles. The van der Waals surface area contributed by atoms with Gasteiger partial charge in [0.15, 0.2) is 0 Å². The van der Waals surface area contributed by atoms with Gasteiger partial charge in [-0.15, -0.1) is 0 Å². The number of benzene rings is 8. The molecule has 0 radical (unpaired) electrons. The molecule has 5 heteroatoms. The van der Waals surface area contributed by atoms with Gasteiger partial charge in [0.25, 0.3) is 0 Å². The Labute approximate surface area is 419 Å². The van der Waals surface area contributed by atoms with E-state index in [1.165, 1.54) is 55.6 Å². The van der Waals surface area contributed by atoms with Crippen LogP contribution in [-0.4, -0.2) is 16.2 Å². The van der Waals surface area contributed by atoms with Crippen molar-refractivity contribution >= 4 is 44.6 Å². The largest absolute Gasteiger partial charge is 0.457 e. The molecule has 352 valence electrons. The number of pyridine rings is 1. The smallest absolute Gasteiger partial charge is 0.137 e. The maximum Gasteiger partial charge on any atom is 0.137 e. The van der Waals surface area contributed by atoms with Crippen LogP contribution in [0.15, 0.2) is 200 Å². The molecular weight excluding hydrogens is 865 g/mol. The number of nitrogens with zero attached hydrogens (tertiary/aromatic N) is 4. The Kier molecular flexibility index (Phi) is 11.2. The Morgan fingerprint density at radius 1 is 0.423 bits per heavy atom. The first-order valence-corrected chi connectivity index (χ1v) is 25.0. The van der Waals surface area contributed by atoms with Gasteiger partial charge < -0.3 is 14.5 Å². The van der Waals surface area contributed by atoms with E-state index in [1.807, 2.05) is 0 Å². The molecule has 0 fully saturated rings. The summed E-state index contributed by atoms with van der Waals surface area (Å²) in [6, 6.07) is 70.2. The van der Waals surface area contributed by atoms with Crippen LogP contribution in [0.5, 0.6) is 11.5 Å². The van der Waals surface area contributed by atoms with Crippen LogP contribution in [0.3, 0.4) is 0 Å². The van der Waals surface area contributed by atoms with E-state index in [1.54, 1.807) is 0 Å². The number of para-hydroxylation sites is 3. The van der Waals surface area contributed by atoms with Crippen molar-refractivity contribution in [3.63, 3.8) is 0 Å². The van der Waals surface area contributed by atoms with Crippen LogP contribution in [0.25, 0.3) is 61.0 Å². The van der Waals surface area contributed by atoms with Crippen molar-refractivity contribution < 1.29 is 4.74 Å². The number of fused-ring (bicyclic) bond motifs is 4. The lowest BCUT2D eigenvalue weighted by molar-refractivity contribution is 0.483. The van der Waals surface area contributed by atoms with Gasteiger partial charge in [0.1, 0.15) is 24.0 Å². The molecule has 71 heavy (non-hydrogen) atoms. The maximum absolute atomic E-state index is 6.92. The Morgan fingerprint density at radius 2 is 1.00 bits per heavy atom. The summed E-state index contributed by atoms with van der Waals surface area (Å²) in [6.45, 7) is 21.1. The van der Waals surface area contributed by atoms with Crippen molar-refractivity contribution in [1.82, 2.24) is 9.55 Å². The van der Waals surface area contributed by atoms with E-state index in [4.69, 9.17) is 9.72 Å². The minimum absolute atomic E-state index is 0.00943. The number of ether oxygens (including phenoxy) is 1. The molecular formula is C66H62N4O. The fraction of sp³-hybridized carbons (Fsp3) is 0.197. The quantitative estimate of drug-likeness (QED) is 0.152. The fourth-order valence-electron chi connectivity index (χ4n) is 10.4. The average Bonchev–Trinajstić information content (AvgIpc) is 3.91. The molecule has 10 aromatic rings. The first-order chi connectivity index (χ1) is 34.1. The fourth-order valence-corrected chi connectivity index (χ4v) is 10.4. The predicted octanol–water partition coefficient (Wildman–Crippen LogP) is 18.1. The molecule has 8 aromatic carbocycles. The van der Waals surface area contributed by atoms with Crippen molar-refractivity contribution in [2.75, 3.05) is 16.5 Å². The highest BCUT2D eigenvalue weighted by atomic mass is 16.5. The van der Waals surface area contributed by atoms with E-state index in [0.717, 1.165) is 56.4 Å². The monoisotopic (exact) mass is 926 g/mol. The van der Waals surface area contributed by atoms with Crippen molar-refractivity contribution in [3.8, 4) is 50.7 Å². The van der Waals surface area contributed by atoms with Crippen LogP contribution >= 0.6 is 0 Å². The predicted molar refractivity (Wildman–Crippen MR) is 300 cm³/mol. The third-order valence-electron chi connectivity index (χ3n) is 14.2. The van der Waals surface area contributed by atoms with Crippen LogP contribution in [0.2, 0.25) is 0 Å². The van der Waals surface area contributed by atoms with Crippen molar-refractivity contribution in [1.29, 1.82) is 0 Å². The average molecular weight is 927 g/mol. The first kappa shape index (κ1) is 45.5. The zero-order valence-electron chi connectivity index (χ0n) is 42.5. The van der Waals surface area contributed by atoms with Crippen LogP contribution in [0.4, 0.5) is 22.7 Å². The van der Waals surface area contributed by atoms with Crippen LogP contribution in [0, 0.1) is 0 Å². The second-order valence-electron chi connectivity index (χ2n) is 22.2. The lowest BCUT2D eigenvalue weighted by Crippen LogP contribution is -2.25. The highest BCUT2D eigenvalue weighted by Crippen LogP contribution is 2.51. The molecule has 2 aromatic heterocycles. The van der Waals surface area contributed by atoms with E-state index >= 15 is 0 Å². The van der Waals surface area contributed by atoms with Crippen LogP contribution < -0.4 is 14.5 Å². The summed E-state index contributed by atoms with van der Waals surface area (Å²) in [4.78, 5) is 10.1. The van der Waals surface area contributed by atoms with E-state index in [-0.39, 0.29) is 16.2 Å². The Balaban J connectivity index is 0.987. The van der Waals surface area contributed by atoms with E-state index < -0.39 is 0 Å². The summed E-state index contributed by atoms with van der Waals surface area (Å²) in [5.41, 5.74) is 17.5. The molecule has 0 bridgehead atoms. The SMILES string of the molecule is CC(C)(C)c1ccc(-c2cccc(-c3ccccc3)c2N2CN(c3cccc(Oc4ccc5c6cc(C(C)(C)C)ccc6n(-c6cc(C(C)(C)C)c(-c7ccccc7)cn6)c5c4)c3)c3ccccc32)cc1. The van der Waals surface area contributed by atoms with Crippen molar-refractivity contribution in [2.24, 2.45) is 0 Å². The zero-order chi connectivity index (χ0) is 49.2. The molecule has 1 aliphatic rings. The zero-order valence-corrected chi connectivity index (χ0v) is 42.5. The summed E-state index contributed by atoms with van der Waals surface area (Å²) >= 11 is 0. The minimum Gasteiger partial charge on any atom is -0.457 e. The molecule has 1 aliphatic heterocycles. The van der Waals surface area contributed by atoms with Gasteiger partial charge in [-0.05, 0) is 104 Å². The minimum atomic E-state index is -0.126. The Hall–Kier alpha value is -7.89. The maximum atomic E-state index is 6.92.